The Morgan fingerprint density at radius 2 is 1.72 bits per heavy atom. The molecule has 2 aromatic carbocycles. The Labute approximate surface area is 146 Å². The molecule has 3 aromatic rings. The molecule has 5 nitrogen and oxygen atoms in total. The van der Waals surface area contributed by atoms with Crippen LogP contribution in [-0.4, -0.2) is 32.5 Å². The molecule has 0 aliphatic heterocycles. The second kappa shape index (κ2) is 6.37. The summed E-state index contributed by atoms with van der Waals surface area (Å²) >= 11 is 0. The minimum atomic E-state index is -3.24. The third kappa shape index (κ3) is 3.44. The monoisotopic (exact) mass is 357 g/mol. The van der Waals surface area contributed by atoms with Gasteiger partial charge in [-0.3, -0.25) is 4.79 Å². The van der Waals surface area contributed by atoms with E-state index in [0.717, 1.165) is 10.9 Å². The smallest absolute Gasteiger partial charge is 0.289 e. The minimum absolute atomic E-state index is 0.226. The SMILES string of the molecule is C[C@H](c1ccc(S(C)(=O)=O)cc1)N(C)C(=O)c1cc2ccccc2o1. The number of rotatable bonds is 4. The number of furan rings is 1. The summed E-state index contributed by atoms with van der Waals surface area (Å²) < 4.78 is 28.7. The molecule has 0 N–H and O–H groups in total. The molecule has 0 radical (unpaired) electrons. The van der Waals surface area contributed by atoms with Crippen LogP contribution in [0.15, 0.2) is 63.9 Å². The Morgan fingerprint density at radius 1 is 1.08 bits per heavy atom. The van der Waals surface area contributed by atoms with Crippen LogP contribution in [0.4, 0.5) is 0 Å². The zero-order valence-electron chi connectivity index (χ0n) is 14.3. The molecule has 0 spiro atoms. The molecule has 0 saturated heterocycles. The van der Waals surface area contributed by atoms with Crippen LogP contribution in [0.1, 0.15) is 29.1 Å². The van der Waals surface area contributed by atoms with Gasteiger partial charge in [0.25, 0.3) is 5.91 Å². The zero-order valence-corrected chi connectivity index (χ0v) is 15.1. The molecule has 25 heavy (non-hydrogen) atoms. The van der Waals surface area contributed by atoms with Crippen LogP contribution < -0.4 is 0 Å². The summed E-state index contributed by atoms with van der Waals surface area (Å²) in [5, 5.41) is 0.879. The molecule has 130 valence electrons. The van der Waals surface area contributed by atoms with Crippen LogP contribution in [-0.2, 0) is 9.84 Å². The van der Waals surface area contributed by atoms with Crippen LogP contribution >= 0.6 is 0 Å². The Kier molecular flexibility index (Phi) is 4.39. The maximum atomic E-state index is 12.7. The van der Waals surface area contributed by atoms with Crippen molar-refractivity contribution in [1.29, 1.82) is 0 Å². The first kappa shape index (κ1) is 17.2. The first-order chi connectivity index (χ1) is 11.8. The molecule has 6 heteroatoms. The summed E-state index contributed by atoms with van der Waals surface area (Å²) in [5.74, 6) is 0.0548. The molecular weight excluding hydrogens is 338 g/mol. The van der Waals surface area contributed by atoms with Gasteiger partial charge in [-0.05, 0) is 36.8 Å². The van der Waals surface area contributed by atoms with Gasteiger partial charge in [-0.15, -0.1) is 0 Å². The molecule has 1 amide bonds. The topological polar surface area (TPSA) is 67.6 Å². The zero-order chi connectivity index (χ0) is 18.2. The van der Waals surface area contributed by atoms with Gasteiger partial charge in [0, 0.05) is 18.7 Å². The van der Waals surface area contributed by atoms with Gasteiger partial charge in [0.1, 0.15) is 5.58 Å². The first-order valence-corrected chi connectivity index (χ1v) is 9.72. The lowest BCUT2D eigenvalue weighted by Crippen LogP contribution is -2.29. The van der Waals surface area contributed by atoms with Gasteiger partial charge < -0.3 is 9.32 Å². The number of carbonyl (C=O) groups is 1. The molecule has 0 aliphatic rings. The predicted molar refractivity (Wildman–Crippen MR) is 96.3 cm³/mol. The van der Waals surface area contributed by atoms with Crippen molar-refractivity contribution in [2.45, 2.75) is 17.9 Å². The highest BCUT2D eigenvalue weighted by atomic mass is 32.2. The minimum Gasteiger partial charge on any atom is -0.451 e. The third-order valence-corrected chi connectivity index (χ3v) is 5.46. The Hall–Kier alpha value is -2.60. The van der Waals surface area contributed by atoms with Gasteiger partial charge in [0.15, 0.2) is 15.6 Å². The molecule has 1 atom stereocenters. The van der Waals surface area contributed by atoms with Crippen LogP contribution in [0.2, 0.25) is 0 Å². The molecule has 3 rings (SSSR count). The van der Waals surface area contributed by atoms with Gasteiger partial charge in [-0.2, -0.15) is 0 Å². The number of hydrogen-bond donors (Lipinski definition) is 0. The van der Waals surface area contributed by atoms with Crippen molar-refractivity contribution >= 4 is 26.7 Å². The summed E-state index contributed by atoms with van der Waals surface area (Å²) in [4.78, 5) is 14.5. The highest BCUT2D eigenvalue weighted by Crippen LogP contribution is 2.25. The van der Waals surface area contributed by atoms with E-state index in [1.165, 1.54) is 6.26 Å². The van der Waals surface area contributed by atoms with E-state index in [2.05, 4.69) is 0 Å². The van der Waals surface area contributed by atoms with E-state index in [-0.39, 0.29) is 22.6 Å². The van der Waals surface area contributed by atoms with Gasteiger partial charge in [-0.1, -0.05) is 30.3 Å². The number of fused-ring (bicyclic) bond motifs is 1. The lowest BCUT2D eigenvalue weighted by Gasteiger charge is -2.24. The number of carbonyl (C=O) groups excluding carboxylic acids is 1. The van der Waals surface area contributed by atoms with Crippen molar-refractivity contribution in [2.75, 3.05) is 13.3 Å². The summed E-state index contributed by atoms with van der Waals surface area (Å²) in [6.45, 7) is 1.88. The van der Waals surface area contributed by atoms with Crippen LogP contribution in [0.5, 0.6) is 0 Å². The van der Waals surface area contributed by atoms with Gasteiger partial charge in [0.05, 0.1) is 10.9 Å². The molecule has 0 saturated carbocycles. The van der Waals surface area contributed by atoms with E-state index in [1.807, 2.05) is 31.2 Å². The fourth-order valence-electron chi connectivity index (χ4n) is 2.65. The predicted octanol–water partition coefficient (Wildman–Crippen LogP) is 3.67. The van der Waals surface area contributed by atoms with Crippen molar-refractivity contribution in [3.8, 4) is 0 Å². The number of sulfone groups is 1. The van der Waals surface area contributed by atoms with Crippen molar-refractivity contribution in [1.82, 2.24) is 4.90 Å². The second-order valence-corrected chi connectivity index (χ2v) is 8.10. The summed E-state index contributed by atoms with van der Waals surface area (Å²) in [6, 6.07) is 15.5. The quantitative estimate of drug-likeness (QED) is 0.714. The van der Waals surface area contributed by atoms with Crippen molar-refractivity contribution in [3.05, 3.63) is 65.9 Å². The summed E-state index contributed by atoms with van der Waals surface area (Å²) in [5.41, 5.74) is 1.52. The highest BCUT2D eigenvalue weighted by Gasteiger charge is 2.22. The highest BCUT2D eigenvalue weighted by molar-refractivity contribution is 7.90. The fraction of sp³-hybridized carbons (Fsp3) is 0.211. The number of para-hydroxylation sites is 1. The molecule has 0 bridgehead atoms. The molecule has 0 fully saturated rings. The summed E-state index contributed by atoms with van der Waals surface area (Å²) in [6.07, 6.45) is 1.17. The Balaban J connectivity index is 1.83. The van der Waals surface area contributed by atoms with Crippen LogP contribution in [0, 0.1) is 0 Å². The maximum Gasteiger partial charge on any atom is 0.289 e. The van der Waals surface area contributed by atoms with Crippen LogP contribution in [0.3, 0.4) is 0 Å². The van der Waals surface area contributed by atoms with Crippen molar-refractivity contribution in [3.63, 3.8) is 0 Å². The lowest BCUT2D eigenvalue weighted by atomic mass is 10.1. The number of amides is 1. The largest absolute Gasteiger partial charge is 0.451 e. The van der Waals surface area contributed by atoms with E-state index in [9.17, 15) is 13.2 Å². The Bertz CT molecular complexity index is 986. The third-order valence-electron chi connectivity index (χ3n) is 4.33. The number of hydrogen-bond acceptors (Lipinski definition) is 4. The van der Waals surface area contributed by atoms with Crippen molar-refractivity contribution < 1.29 is 17.6 Å². The fourth-order valence-corrected chi connectivity index (χ4v) is 3.28. The summed E-state index contributed by atoms with van der Waals surface area (Å²) in [7, 11) is -1.54. The molecule has 0 unspecified atom stereocenters. The maximum absolute atomic E-state index is 12.7. The van der Waals surface area contributed by atoms with Crippen molar-refractivity contribution in [2.24, 2.45) is 0 Å². The van der Waals surface area contributed by atoms with Gasteiger partial charge in [-0.25, -0.2) is 8.42 Å². The molecule has 0 aliphatic carbocycles. The normalized spacial score (nSPS) is 12.9. The average Bonchev–Trinajstić information content (AvgIpc) is 3.03. The van der Waals surface area contributed by atoms with E-state index in [4.69, 9.17) is 4.42 Å². The van der Waals surface area contributed by atoms with Gasteiger partial charge >= 0.3 is 0 Å². The van der Waals surface area contributed by atoms with E-state index in [1.54, 1.807) is 42.3 Å². The molecule has 1 heterocycles. The first-order valence-electron chi connectivity index (χ1n) is 7.83. The average molecular weight is 357 g/mol. The van der Waals surface area contributed by atoms with E-state index < -0.39 is 9.84 Å². The molecular formula is C19H19NO4S. The number of benzene rings is 2. The standard InChI is InChI=1S/C19H19NO4S/c1-13(14-8-10-16(11-9-14)25(3,22)23)20(2)19(21)18-12-15-6-4-5-7-17(15)24-18/h4-13H,1-3H3/t13-/m1/s1. The molecule has 1 aromatic heterocycles. The van der Waals surface area contributed by atoms with E-state index >= 15 is 0 Å². The van der Waals surface area contributed by atoms with Crippen LogP contribution in [0.25, 0.3) is 11.0 Å². The lowest BCUT2D eigenvalue weighted by molar-refractivity contribution is 0.0713. The number of nitrogens with zero attached hydrogens (tertiary/aromatic N) is 1. The van der Waals surface area contributed by atoms with E-state index in [0.29, 0.717) is 5.58 Å². The Morgan fingerprint density at radius 3 is 2.32 bits per heavy atom. The second-order valence-electron chi connectivity index (χ2n) is 6.08. The van der Waals surface area contributed by atoms with Gasteiger partial charge in [0.2, 0.25) is 0 Å².